The number of rotatable bonds is 4. The van der Waals surface area contributed by atoms with Crippen molar-refractivity contribution in [3.63, 3.8) is 0 Å². The number of aliphatic hydroxyl groups excluding tert-OH is 1. The lowest BCUT2D eigenvalue weighted by molar-refractivity contribution is -0.213. The molecule has 5 nitrogen and oxygen atoms in total. The van der Waals surface area contributed by atoms with Crippen LogP contribution in [-0.4, -0.2) is 40.9 Å². The summed E-state index contributed by atoms with van der Waals surface area (Å²) in [4.78, 5) is 18.7. The molecule has 2 aromatic carbocycles. The third-order valence-corrected chi connectivity index (χ3v) is 6.29. The van der Waals surface area contributed by atoms with Gasteiger partial charge in [-0.05, 0) is 43.0 Å². The number of hydrogen-bond donors (Lipinski definition) is 1. The van der Waals surface area contributed by atoms with Crippen molar-refractivity contribution in [3.8, 4) is 0 Å². The zero-order valence-electron chi connectivity index (χ0n) is 17.4. The third-order valence-electron chi connectivity index (χ3n) is 6.29. The number of piperidine rings is 1. The minimum atomic E-state index is -0.841. The SMILES string of the molecule is Cc1cc(C)c(C2C(=O)OC3(CCN(OCc4ccccc4)CC3)C2O)c(C)c1. The van der Waals surface area contributed by atoms with Gasteiger partial charge in [-0.1, -0.05) is 48.0 Å². The Bertz CT molecular complexity index is 864. The monoisotopic (exact) mass is 395 g/mol. The van der Waals surface area contributed by atoms with E-state index in [2.05, 4.69) is 12.1 Å². The Morgan fingerprint density at radius 1 is 1.10 bits per heavy atom. The molecule has 0 amide bonds. The Hall–Kier alpha value is -2.21. The second kappa shape index (κ2) is 7.90. The van der Waals surface area contributed by atoms with E-state index in [0.717, 1.165) is 27.8 Å². The molecule has 0 bridgehead atoms. The van der Waals surface area contributed by atoms with E-state index >= 15 is 0 Å². The van der Waals surface area contributed by atoms with Gasteiger partial charge >= 0.3 is 5.97 Å². The first kappa shape index (κ1) is 20.1. The minimum absolute atomic E-state index is 0.314. The highest BCUT2D eigenvalue weighted by atomic mass is 16.7. The van der Waals surface area contributed by atoms with Crippen LogP contribution in [0.4, 0.5) is 0 Å². The van der Waals surface area contributed by atoms with Gasteiger partial charge < -0.3 is 9.84 Å². The first-order chi connectivity index (χ1) is 13.9. The van der Waals surface area contributed by atoms with Crippen molar-refractivity contribution in [2.45, 2.75) is 57.8 Å². The number of aryl methyl sites for hydroxylation is 3. The molecule has 2 aliphatic rings. The highest BCUT2D eigenvalue weighted by Crippen LogP contribution is 2.45. The molecule has 154 valence electrons. The lowest BCUT2D eigenvalue weighted by Gasteiger charge is -2.39. The van der Waals surface area contributed by atoms with Crippen molar-refractivity contribution in [2.24, 2.45) is 0 Å². The topological polar surface area (TPSA) is 59.0 Å². The summed E-state index contributed by atoms with van der Waals surface area (Å²) >= 11 is 0. The van der Waals surface area contributed by atoms with Crippen LogP contribution in [0, 0.1) is 20.8 Å². The number of nitrogens with zero attached hydrogens (tertiary/aromatic N) is 1. The van der Waals surface area contributed by atoms with Gasteiger partial charge in [0.05, 0.1) is 6.61 Å². The molecular formula is C24H29NO4. The molecular weight excluding hydrogens is 366 g/mol. The standard InChI is InChI=1S/C24H29NO4/c1-16-13-17(2)20(18(3)14-16)21-22(26)24(29-23(21)27)9-11-25(12-10-24)28-15-19-7-5-4-6-8-19/h4-8,13-14,21-22,26H,9-12,15H2,1-3H3. The number of ether oxygens (including phenoxy) is 1. The number of hydroxylamine groups is 2. The maximum absolute atomic E-state index is 12.8. The fraction of sp³-hybridized carbons (Fsp3) is 0.458. The fourth-order valence-electron chi connectivity index (χ4n) is 4.85. The smallest absolute Gasteiger partial charge is 0.316 e. The van der Waals surface area contributed by atoms with Crippen molar-refractivity contribution in [1.82, 2.24) is 5.06 Å². The zero-order chi connectivity index (χ0) is 20.6. The van der Waals surface area contributed by atoms with Crippen molar-refractivity contribution >= 4 is 5.97 Å². The molecule has 2 atom stereocenters. The highest BCUT2D eigenvalue weighted by Gasteiger charge is 2.57. The van der Waals surface area contributed by atoms with E-state index in [1.165, 1.54) is 0 Å². The molecule has 5 heteroatoms. The van der Waals surface area contributed by atoms with Crippen LogP contribution in [0.5, 0.6) is 0 Å². The molecule has 0 saturated carbocycles. The second-order valence-corrected chi connectivity index (χ2v) is 8.41. The summed E-state index contributed by atoms with van der Waals surface area (Å²) in [6.45, 7) is 7.80. The first-order valence-corrected chi connectivity index (χ1v) is 10.3. The quantitative estimate of drug-likeness (QED) is 0.802. The number of benzene rings is 2. The minimum Gasteiger partial charge on any atom is -0.456 e. The Kier molecular flexibility index (Phi) is 5.47. The average Bonchev–Trinajstić information content (AvgIpc) is 2.92. The number of hydrogen-bond acceptors (Lipinski definition) is 5. The summed E-state index contributed by atoms with van der Waals surface area (Å²) in [5.41, 5.74) is 4.42. The Balaban J connectivity index is 1.45. The maximum atomic E-state index is 12.8. The molecule has 0 aromatic heterocycles. The molecule has 2 fully saturated rings. The van der Waals surface area contributed by atoms with Crippen LogP contribution in [0.15, 0.2) is 42.5 Å². The van der Waals surface area contributed by atoms with Gasteiger partial charge in [-0.3, -0.25) is 9.63 Å². The first-order valence-electron chi connectivity index (χ1n) is 10.3. The number of aliphatic hydroxyl groups is 1. The molecule has 4 rings (SSSR count). The van der Waals surface area contributed by atoms with Gasteiger partial charge in [0.1, 0.15) is 17.6 Å². The molecule has 2 saturated heterocycles. The lowest BCUT2D eigenvalue weighted by atomic mass is 9.78. The summed E-state index contributed by atoms with van der Waals surface area (Å²) in [7, 11) is 0. The van der Waals surface area contributed by atoms with Crippen LogP contribution in [0.3, 0.4) is 0 Å². The van der Waals surface area contributed by atoms with E-state index in [4.69, 9.17) is 9.57 Å². The average molecular weight is 395 g/mol. The van der Waals surface area contributed by atoms with Crippen LogP contribution in [-0.2, 0) is 21.0 Å². The largest absolute Gasteiger partial charge is 0.456 e. The molecule has 1 spiro atoms. The zero-order valence-corrected chi connectivity index (χ0v) is 17.4. The van der Waals surface area contributed by atoms with Crippen LogP contribution in [0.25, 0.3) is 0 Å². The van der Waals surface area contributed by atoms with Gasteiger partial charge in [-0.2, -0.15) is 5.06 Å². The molecule has 2 aliphatic heterocycles. The van der Waals surface area contributed by atoms with E-state index in [1.54, 1.807) is 0 Å². The highest BCUT2D eigenvalue weighted by molar-refractivity contribution is 5.83. The summed E-state index contributed by atoms with van der Waals surface area (Å²) in [6.07, 6.45) is 0.288. The predicted molar refractivity (Wildman–Crippen MR) is 110 cm³/mol. The third kappa shape index (κ3) is 3.82. The summed E-state index contributed by atoms with van der Waals surface area (Å²) in [5, 5.41) is 13.1. The summed E-state index contributed by atoms with van der Waals surface area (Å²) in [5.74, 6) is -0.932. The maximum Gasteiger partial charge on any atom is 0.316 e. The predicted octanol–water partition coefficient (Wildman–Crippen LogP) is 3.58. The molecule has 2 heterocycles. The summed E-state index contributed by atoms with van der Waals surface area (Å²) in [6, 6.07) is 14.2. The molecule has 29 heavy (non-hydrogen) atoms. The van der Waals surface area contributed by atoms with Crippen LogP contribution >= 0.6 is 0 Å². The van der Waals surface area contributed by atoms with Gasteiger partial charge in [0.2, 0.25) is 0 Å². The van der Waals surface area contributed by atoms with Crippen molar-refractivity contribution in [1.29, 1.82) is 0 Å². The van der Waals surface area contributed by atoms with Crippen LogP contribution in [0.2, 0.25) is 0 Å². The van der Waals surface area contributed by atoms with Crippen LogP contribution < -0.4 is 0 Å². The lowest BCUT2D eigenvalue weighted by Crippen LogP contribution is -2.50. The van der Waals surface area contributed by atoms with E-state index < -0.39 is 17.6 Å². The van der Waals surface area contributed by atoms with Gasteiger partial charge in [0, 0.05) is 25.9 Å². The molecule has 2 unspecified atom stereocenters. The van der Waals surface area contributed by atoms with Crippen LogP contribution in [0.1, 0.15) is 46.6 Å². The number of esters is 1. The molecule has 0 radical (unpaired) electrons. The molecule has 2 aromatic rings. The molecule has 1 N–H and O–H groups in total. The van der Waals surface area contributed by atoms with Crippen molar-refractivity contribution in [2.75, 3.05) is 13.1 Å². The fourth-order valence-corrected chi connectivity index (χ4v) is 4.85. The summed E-state index contributed by atoms with van der Waals surface area (Å²) < 4.78 is 5.85. The van der Waals surface area contributed by atoms with E-state index in [1.807, 2.05) is 56.2 Å². The number of carbonyl (C=O) groups is 1. The van der Waals surface area contributed by atoms with E-state index in [0.29, 0.717) is 32.5 Å². The van der Waals surface area contributed by atoms with E-state index in [9.17, 15) is 9.90 Å². The molecule has 0 aliphatic carbocycles. The Morgan fingerprint density at radius 3 is 2.34 bits per heavy atom. The second-order valence-electron chi connectivity index (χ2n) is 8.41. The van der Waals surface area contributed by atoms with Crippen molar-refractivity contribution in [3.05, 3.63) is 70.3 Å². The normalized spacial score (nSPS) is 24.1. The van der Waals surface area contributed by atoms with Gasteiger partial charge in [-0.15, -0.1) is 0 Å². The van der Waals surface area contributed by atoms with E-state index in [-0.39, 0.29) is 5.97 Å². The Morgan fingerprint density at radius 2 is 1.72 bits per heavy atom. The van der Waals surface area contributed by atoms with Gasteiger partial charge in [-0.25, -0.2) is 0 Å². The van der Waals surface area contributed by atoms with Crippen molar-refractivity contribution < 1.29 is 19.5 Å². The number of carbonyl (C=O) groups excluding carboxylic acids is 1. The van der Waals surface area contributed by atoms with Gasteiger partial charge in [0.25, 0.3) is 0 Å². The van der Waals surface area contributed by atoms with Gasteiger partial charge in [0.15, 0.2) is 0 Å². The Labute approximate surface area is 172 Å².